The lowest BCUT2D eigenvalue weighted by Gasteiger charge is -2.03. The van der Waals surface area contributed by atoms with Crippen LogP contribution >= 0.6 is 0 Å². The molecule has 0 bridgehead atoms. The second kappa shape index (κ2) is 3.55. The lowest BCUT2D eigenvalue weighted by molar-refractivity contribution is 0.935. The fraction of sp³-hybridized carbons (Fsp3) is 0.0833. The van der Waals surface area contributed by atoms with E-state index in [0.29, 0.717) is 11.4 Å². The molecule has 0 aliphatic rings. The van der Waals surface area contributed by atoms with Crippen LogP contribution in [0.2, 0.25) is 0 Å². The molecule has 0 aliphatic carbocycles. The Morgan fingerprint density at radius 2 is 1.88 bits per heavy atom. The van der Waals surface area contributed by atoms with E-state index in [1.165, 1.54) is 0 Å². The summed E-state index contributed by atoms with van der Waals surface area (Å²) in [6.45, 7) is 0. The summed E-state index contributed by atoms with van der Waals surface area (Å²) in [7, 11) is 1.91. The van der Waals surface area contributed by atoms with Gasteiger partial charge in [0.05, 0.1) is 5.69 Å². The summed E-state index contributed by atoms with van der Waals surface area (Å²) in [5.41, 5.74) is 8.88. The standard InChI is InChI=1S/C12H11N5/c1-17-11-9(5-3-7-15-11)16-12(17)10-8(13)4-2-6-14-10/h2-7H,13H2,1H3. The summed E-state index contributed by atoms with van der Waals surface area (Å²) in [6, 6.07) is 7.40. The third-order valence-corrected chi connectivity index (χ3v) is 2.68. The summed E-state index contributed by atoms with van der Waals surface area (Å²) in [4.78, 5) is 13.1. The predicted molar refractivity (Wildman–Crippen MR) is 66.2 cm³/mol. The summed E-state index contributed by atoms with van der Waals surface area (Å²) in [6.07, 6.45) is 3.45. The van der Waals surface area contributed by atoms with E-state index in [4.69, 9.17) is 5.73 Å². The third-order valence-electron chi connectivity index (χ3n) is 2.68. The summed E-state index contributed by atoms with van der Waals surface area (Å²) >= 11 is 0. The van der Waals surface area contributed by atoms with Gasteiger partial charge < -0.3 is 10.3 Å². The third kappa shape index (κ3) is 1.44. The van der Waals surface area contributed by atoms with Gasteiger partial charge in [-0.2, -0.15) is 0 Å². The molecule has 5 nitrogen and oxygen atoms in total. The topological polar surface area (TPSA) is 69.6 Å². The number of nitrogens with two attached hydrogens (primary N) is 1. The Morgan fingerprint density at radius 1 is 1.12 bits per heavy atom. The zero-order valence-electron chi connectivity index (χ0n) is 9.33. The second-order valence-corrected chi connectivity index (χ2v) is 3.78. The number of aryl methyl sites for hydroxylation is 1. The lowest BCUT2D eigenvalue weighted by atomic mass is 10.3. The van der Waals surface area contributed by atoms with Crippen LogP contribution in [-0.4, -0.2) is 19.5 Å². The Bertz CT molecular complexity index is 686. The molecule has 5 heteroatoms. The number of hydrogen-bond donors (Lipinski definition) is 1. The van der Waals surface area contributed by atoms with Gasteiger partial charge in [-0.3, -0.25) is 4.98 Å². The predicted octanol–water partition coefficient (Wildman–Crippen LogP) is 1.61. The van der Waals surface area contributed by atoms with E-state index in [0.717, 1.165) is 17.0 Å². The van der Waals surface area contributed by atoms with Gasteiger partial charge >= 0.3 is 0 Å². The van der Waals surface area contributed by atoms with Gasteiger partial charge in [-0.05, 0) is 24.3 Å². The first kappa shape index (κ1) is 9.77. The molecule has 0 saturated heterocycles. The molecule has 84 valence electrons. The fourth-order valence-electron chi connectivity index (χ4n) is 1.84. The van der Waals surface area contributed by atoms with Gasteiger partial charge in [0.2, 0.25) is 0 Å². The Kier molecular flexibility index (Phi) is 2.04. The number of aromatic nitrogens is 4. The minimum atomic E-state index is 0.617. The first-order valence-corrected chi connectivity index (χ1v) is 5.25. The van der Waals surface area contributed by atoms with Crippen LogP contribution in [0.15, 0.2) is 36.7 Å². The van der Waals surface area contributed by atoms with Crippen LogP contribution in [-0.2, 0) is 7.05 Å². The monoisotopic (exact) mass is 225 g/mol. The van der Waals surface area contributed by atoms with Gasteiger partial charge in [-0.1, -0.05) is 0 Å². The maximum Gasteiger partial charge on any atom is 0.162 e. The van der Waals surface area contributed by atoms with Crippen molar-refractivity contribution in [3.8, 4) is 11.5 Å². The van der Waals surface area contributed by atoms with Gasteiger partial charge in [0.1, 0.15) is 11.2 Å². The van der Waals surface area contributed by atoms with E-state index < -0.39 is 0 Å². The average Bonchev–Trinajstić information content (AvgIpc) is 2.68. The minimum absolute atomic E-state index is 0.617. The summed E-state index contributed by atoms with van der Waals surface area (Å²) in [5, 5.41) is 0. The quantitative estimate of drug-likeness (QED) is 0.683. The molecule has 0 aliphatic heterocycles. The SMILES string of the molecule is Cn1c(-c2ncccc2N)nc2cccnc21. The van der Waals surface area contributed by atoms with E-state index in [2.05, 4.69) is 15.0 Å². The van der Waals surface area contributed by atoms with Crippen LogP contribution in [0.25, 0.3) is 22.7 Å². The molecule has 17 heavy (non-hydrogen) atoms. The molecular weight excluding hydrogens is 214 g/mol. The first-order chi connectivity index (χ1) is 8.27. The van der Waals surface area contributed by atoms with Crippen LogP contribution in [0.4, 0.5) is 5.69 Å². The second-order valence-electron chi connectivity index (χ2n) is 3.78. The average molecular weight is 225 g/mol. The molecule has 0 amide bonds. The zero-order valence-corrected chi connectivity index (χ0v) is 9.33. The number of nitrogens with zero attached hydrogens (tertiary/aromatic N) is 4. The van der Waals surface area contributed by atoms with E-state index in [9.17, 15) is 0 Å². The summed E-state index contributed by atoms with van der Waals surface area (Å²) in [5.74, 6) is 0.733. The van der Waals surface area contributed by atoms with Crippen LogP contribution in [0, 0.1) is 0 Å². The molecule has 3 aromatic rings. The van der Waals surface area contributed by atoms with Crippen molar-refractivity contribution in [2.24, 2.45) is 7.05 Å². The van der Waals surface area contributed by atoms with Gasteiger partial charge in [0, 0.05) is 19.4 Å². The number of anilines is 1. The smallest absolute Gasteiger partial charge is 0.162 e. The molecule has 3 aromatic heterocycles. The number of rotatable bonds is 1. The number of pyridine rings is 2. The molecule has 0 fully saturated rings. The number of hydrogen-bond acceptors (Lipinski definition) is 4. The molecule has 0 unspecified atom stereocenters. The fourth-order valence-corrected chi connectivity index (χ4v) is 1.84. The Labute approximate surface area is 98.0 Å². The van der Waals surface area contributed by atoms with Crippen molar-refractivity contribution < 1.29 is 0 Å². The van der Waals surface area contributed by atoms with Crippen molar-refractivity contribution in [1.82, 2.24) is 19.5 Å². The molecule has 0 aromatic carbocycles. The van der Waals surface area contributed by atoms with E-state index in [1.54, 1.807) is 18.5 Å². The largest absolute Gasteiger partial charge is 0.397 e. The highest BCUT2D eigenvalue weighted by atomic mass is 15.1. The molecule has 0 spiro atoms. The Balaban J connectivity index is 2.32. The Hall–Kier alpha value is -2.43. The van der Waals surface area contributed by atoms with Crippen molar-refractivity contribution in [2.75, 3.05) is 5.73 Å². The molecule has 0 saturated carbocycles. The van der Waals surface area contributed by atoms with Gasteiger partial charge in [-0.25, -0.2) is 9.97 Å². The van der Waals surface area contributed by atoms with Crippen LogP contribution in [0.1, 0.15) is 0 Å². The number of imidazole rings is 1. The van der Waals surface area contributed by atoms with Gasteiger partial charge in [0.25, 0.3) is 0 Å². The van der Waals surface area contributed by atoms with Crippen molar-refractivity contribution >= 4 is 16.9 Å². The normalized spacial score (nSPS) is 10.9. The van der Waals surface area contributed by atoms with E-state index in [-0.39, 0.29) is 0 Å². The molecule has 0 radical (unpaired) electrons. The molecular formula is C12H11N5. The maximum absolute atomic E-state index is 5.91. The zero-order chi connectivity index (χ0) is 11.8. The van der Waals surface area contributed by atoms with Crippen LogP contribution < -0.4 is 5.73 Å². The van der Waals surface area contributed by atoms with Crippen molar-refractivity contribution in [3.63, 3.8) is 0 Å². The van der Waals surface area contributed by atoms with Crippen molar-refractivity contribution in [1.29, 1.82) is 0 Å². The van der Waals surface area contributed by atoms with Gasteiger partial charge in [0.15, 0.2) is 11.5 Å². The summed E-state index contributed by atoms with van der Waals surface area (Å²) < 4.78 is 1.90. The highest BCUT2D eigenvalue weighted by molar-refractivity contribution is 5.79. The molecule has 3 heterocycles. The minimum Gasteiger partial charge on any atom is -0.397 e. The van der Waals surface area contributed by atoms with E-state index >= 15 is 0 Å². The molecule has 0 atom stereocenters. The van der Waals surface area contributed by atoms with Crippen LogP contribution in [0.3, 0.4) is 0 Å². The Morgan fingerprint density at radius 3 is 2.65 bits per heavy atom. The van der Waals surface area contributed by atoms with E-state index in [1.807, 2.05) is 29.8 Å². The highest BCUT2D eigenvalue weighted by Gasteiger charge is 2.13. The highest BCUT2D eigenvalue weighted by Crippen LogP contribution is 2.24. The maximum atomic E-state index is 5.91. The van der Waals surface area contributed by atoms with Crippen molar-refractivity contribution in [2.45, 2.75) is 0 Å². The number of fused-ring (bicyclic) bond motifs is 1. The first-order valence-electron chi connectivity index (χ1n) is 5.25. The van der Waals surface area contributed by atoms with Gasteiger partial charge in [-0.15, -0.1) is 0 Å². The lowest BCUT2D eigenvalue weighted by Crippen LogP contribution is -1.99. The number of nitrogen functional groups attached to an aromatic ring is 1. The van der Waals surface area contributed by atoms with Crippen molar-refractivity contribution in [3.05, 3.63) is 36.7 Å². The molecule has 2 N–H and O–H groups in total. The van der Waals surface area contributed by atoms with Crippen LogP contribution in [0.5, 0.6) is 0 Å². The molecule has 3 rings (SSSR count).